The molecule has 1 saturated heterocycles. The number of nitrogens with zero attached hydrogens (tertiary/aromatic N) is 3. The molecule has 114 valence electrons. The lowest BCUT2D eigenvalue weighted by molar-refractivity contribution is 0.239. The number of hydrogen-bond donors (Lipinski definition) is 1. The first-order valence-corrected chi connectivity index (χ1v) is 8.87. The molecule has 0 spiro atoms. The molecule has 2 rings (SSSR count). The molecule has 0 radical (unpaired) electrons. The molecule has 0 aliphatic carbocycles. The van der Waals surface area contributed by atoms with E-state index in [2.05, 4.69) is 17.3 Å². The lowest BCUT2D eigenvalue weighted by Crippen LogP contribution is -2.40. The average molecular weight is 300 g/mol. The summed E-state index contributed by atoms with van der Waals surface area (Å²) in [6.07, 6.45) is 5.18. The Morgan fingerprint density at radius 1 is 1.50 bits per heavy atom. The quantitative estimate of drug-likeness (QED) is 0.864. The topological polar surface area (TPSA) is 67.2 Å². The summed E-state index contributed by atoms with van der Waals surface area (Å²) in [5, 5.41) is 7.55. The van der Waals surface area contributed by atoms with Crippen LogP contribution in [0.3, 0.4) is 0 Å². The summed E-state index contributed by atoms with van der Waals surface area (Å²) < 4.78 is 26.9. The van der Waals surface area contributed by atoms with Crippen molar-refractivity contribution in [2.24, 2.45) is 5.92 Å². The van der Waals surface area contributed by atoms with E-state index in [1.165, 1.54) is 11.8 Å². The Hall–Kier alpha value is -0.920. The molecule has 2 heterocycles. The highest BCUT2D eigenvalue weighted by Crippen LogP contribution is 2.21. The maximum Gasteiger partial charge on any atom is 0.211 e. The van der Waals surface area contributed by atoms with Gasteiger partial charge in [-0.05, 0) is 32.7 Å². The minimum Gasteiger partial charge on any atom is -0.316 e. The third-order valence-corrected chi connectivity index (χ3v) is 5.22. The van der Waals surface area contributed by atoms with Gasteiger partial charge in [-0.2, -0.15) is 5.10 Å². The molecule has 0 saturated carbocycles. The van der Waals surface area contributed by atoms with E-state index >= 15 is 0 Å². The Morgan fingerprint density at radius 3 is 2.90 bits per heavy atom. The van der Waals surface area contributed by atoms with Gasteiger partial charge in [0.1, 0.15) is 0 Å². The maximum absolute atomic E-state index is 11.6. The molecule has 1 aromatic rings. The van der Waals surface area contributed by atoms with Gasteiger partial charge in [0.25, 0.3) is 0 Å². The Balaban J connectivity index is 2.03. The molecule has 1 aromatic heterocycles. The number of aromatic nitrogens is 2. The summed E-state index contributed by atoms with van der Waals surface area (Å²) in [4.78, 5) is 0. The molecule has 0 amide bonds. The van der Waals surface area contributed by atoms with Crippen molar-refractivity contribution < 1.29 is 8.42 Å². The van der Waals surface area contributed by atoms with Gasteiger partial charge in [-0.1, -0.05) is 0 Å². The van der Waals surface area contributed by atoms with Crippen LogP contribution in [-0.4, -0.2) is 48.9 Å². The fourth-order valence-electron chi connectivity index (χ4n) is 2.75. The van der Waals surface area contributed by atoms with Crippen molar-refractivity contribution in [3.8, 4) is 0 Å². The molecular weight excluding hydrogens is 276 g/mol. The van der Waals surface area contributed by atoms with Crippen molar-refractivity contribution in [3.05, 3.63) is 17.5 Å². The first kappa shape index (κ1) is 15.5. The van der Waals surface area contributed by atoms with Gasteiger partial charge >= 0.3 is 0 Å². The van der Waals surface area contributed by atoms with Gasteiger partial charge in [0.05, 0.1) is 12.5 Å². The zero-order valence-corrected chi connectivity index (χ0v) is 13.3. The third-order valence-electron chi connectivity index (χ3n) is 3.95. The molecule has 0 aromatic carbocycles. The standard InChI is InChI=1S/C13H24N4O2S/c1-11-13(7-14-2)8-15-17(11)10-12-5-4-6-16(9-12)20(3,18)19/h8,12,14H,4-7,9-10H2,1-3H3. The molecule has 7 heteroatoms. The highest BCUT2D eigenvalue weighted by atomic mass is 32.2. The summed E-state index contributed by atoms with van der Waals surface area (Å²) in [5.74, 6) is 0.347. The van der Waals surface area contributed by atoms with Crippen molar-refractivity contribution in [1.29, 1.82) is 0 Å². The predicted octanol–water partition coefficient (Wildman–Crippen LogP) is 0.583. The monoisotopic (exact) mass is 300 g/mol. The minimum atomic E-state index is -3.07. The zero-order chi connectivity index (χ0) is 14.8. The van der Waals surface area contributed by atoms with Gasteiger partial charge in [-0.25, -0.2) is 12.7 Å². The van der Waals surface area contributed by atoms with E-state index in [1.807, 2.05) is 17.9 Å². The van der Waals surface area contributed by atoms with Gasteiger partial charge in [-0.15, -0.1) is 0 Å². The molecule has 1 N–H and O–H groups in total. The van der Waals surface area contributed by atoms with Crippen LogP contribution >= 0.6 is 0 Å². The number of hydrogen-bond acceptors (Lipinski definition) is 4. The molecule has 1 unspecified atom stereocenters. The largest absolute Gasteiger partial charge is 0.316 e. The lowest BCUT2D eigenvalue weighted by Gasteiger charge is -2.31. The van der Waals surface area contributed by atoms with E-state index in [-0.39, 0.29) is 0 Å². The van der Waals surface area contributed by atoms with E-state index in [0.29, 0.717) is 19.0 Å². The Morgan fingerprint density at radius 2 is 2.25 bits per heavy atom. The van der Waals surface area contributed by atoms with E-state index in [1.54, 1.807) is 4.31 Å². The van der Waals surface area contributed by atoms with Crippen molar-refractivity contribution in [3.63, 3.8) is 0 Å². The smallest absolute Gasteiger partial charge is 0.211 e. The summed E-state index contributed by atoms with van der Waals surface area (Å²) in [7, 11) is -1.15. The van der Waals surface area contributed by atoms with Crippen molar-refractivity contribution in [2.45, 2.75) is 32.9 Å². The van der Waals surface area contributed by atoms with Crippen LogP contribution in [0.4, 0.5) is 0 Å². The van der Waals surface area contributed by atoms with Crippen LogP contribution in [0.25, 0.3) is 0 Å². The van der Waals surface area contributed by atoms with Crippen LogP contribution in [-0.2, 0) is 23.1 Å². The van der Waals surface area contributed by atoms with Crippen LogP contribution in [0.2, 0.25) is 0 Å². The SMILES string of the molecule is CNCc1cnn(CC2CCCN(S(C)(=O)=O)C2)c1C. The van der Waals surface area contributed by atoms with Crippen molar-refractivity contribution in [2.75, 3.05) is 26.4 Å². The number of nitrogens with one attached hydrogen (secondary N) is 1. The molecule has 1 aliphatic heterocycles. The molecule has 1 fully saturated rings. The van der Waals surface area contributed by atoms with Gasteiger partial charge < -0.3 is 5.32 Å². The van der Waals surface area contributed by atoms with Crippen LogP contribution in [0, 0.1) is 12.8 Å². The normalized spacial score (nSPS) is 21.2. The lowest BCUT2D eigenvalue weighted by atomic mass is 10.00. The zero-order valence-electron chi connectivity index (χ0n) is 12.5. The molecule has 0 bridgehead atoms. The minimum absolute atomic E-state index is 0.347. The van der Waals surface area contributed by atoms with E-state index in [4.69, 9.17) is 0 Å². The third kappa shape index (κ3) is 3.59. The Bertz CT molecular complexity index is 553. The Kier molecular flexibility index (Phi) is 4.82. The first-order valence-electron chi connectivity index (χ1n) is 7.03. The molecule has 1 atom stereocenters. The van der Waals surface area contributed by atoms with Gasteiger partial charge in [0.15, 0.2) is 0 Å². The summed E-state index contributed by atoms with van der Waals surface area (Å²) >= 11 is 0. The average Bonchev–Trinajstić information content (AvgIpc) is 2.72. The fourth-order valence-corrected chi connectivity index (χ4v) is 3.70. The highest BCUT2D eigenvalue weighted by Gasteiger charge is 2.26. The van der Waals surface area contributed by atoms with Gasteiger partial charge in [0, 0.05) is 37.4 Å². The molecule has 20 heavy (non-hydrogen) atoms. The number of sulfonamides is 1. The van der Waals surface area contributed by atoms with Gasteiger partial charge in [-0.3, -0.25) is 4.68 Å². The molecule has 6 nitrogen and oxygen atoms in total. The second-order valence-electron chi connectivity index (χ2n) is 5.60. The van der Waals surface area contributed by atoms with Crippen LogP contribution in [0.1, 0.15) is 24.1 Å². The van der Waals surface area contributed by atoms with E-state index in [9.17, 15) is 8.42 Å². The second kappa shape index (κ2) is 6.24. The van der Waals surface area contributed by atoms with Crippen LogP contribution < -0.4 is 5.32 Å². The maximum atomic E-state index is 11.6. The Labute approximate surface area is 121 Å². The van der Waals surface area contributed by atoms with Crippen molar-refractivity contribution >= 4 is 10.0 Å². The van der Waals surface area contributed by atoms with Crippen molar-refractivity contribution in [1.82, 2.24) is 19.4 Å². The highest BCUT2D eigenvalue weighted by molar-refractivity contribution is 7.88. The summed E-state index contributed by atoms with van der Waals surface area (Å²) in [6.45, 7) is 4.93. The fraction of sp³-hybridized carbons (Fsp3) is 0.769. The van der Waals surface area contributed by atoms with E-state index in [0.717, 1.165) is 31.6 Å². The summed E-state index contributed by atoms with van der Waals surface area (Å²) in [5.41, 5.74) is 2.36. The van der Waals surface area contributed by atoms with Crippen LogP contribution in [0.5, 0.6) is 0 Å². The van der Waals surface area contributed by atoms with Gasteiger partial charge in [0.2, 0.25) is 10.0 Å². The first-order chi connectivity index (χ1) is 9.41. The van der Waals surface area contributed by atoms with E-state index < -0.39 is 10.0 Å². The molecule has 1 aliphatic rings. The number of piperidine rings is 1. The second-order valence-corrected chi connectivity index (χ2v) is 7.58. The molecular formula is C13H24N4O2S. The summed E-state index contributed by atoms with van der Waals surface area (Å²) in [6, 6.07) is 0. The number of rotatable bonds is 5. The van der Waals surface area contributed by atoms with Crippen LogP contribution in [0.15, 0.2) is 6.20 Å². The predicted molar refractivity (Wildman–Crippen MR) is 78.9 cm³/mol.